The largest absolute Gasteiger partial charge is 0.372 e. The number of benzene rings is 1. The zero-order valence-corrected chi connectivity index (χ0v) is 13.4. The highest BCUT2D eigenvalue weighted by Crippen LogP contribution is 2.27. The molecule has 1 fully saturated rings. The standard InChI is InChI=1S/C16H19BrN2O/c1-11-9-19(10-12(2)20-11)16-14(8-17)7-13-5-3-4-6-15(13)18-16/h3-7,11-12H,8-10H2,1-2H3/t11-,12+. The van der Waals surface area contributed by atoms with Crippen LogP contribution in [0.25, 0.3) is 10.9 Å². The molecule has 20 heavy (non-hydrogen) atoms. The van der Waals surface area contributed by atoms with Gasteiger partial charge in [0.15, 0.2) is 0 Å². The maximum Gasteiger partial charge on any atom is 0.133 e. The first-order valence-corrected chi connectivity index (χ1v) is 8.14. The van der Waals surface area contributed by atoms with Crippen LogP contribution in [0.15, 0.2) is 30.3 Å². The van der Waals surface area contributed by atoms with Crippen LogP contribution in [0.5, 0.6) is 0 Å². The second kappa shape index (κ2) is 5.70. The van der Waals surface area contributed by atoms with Crippen LogP contribution >= 0.6 is 15.9 Å². The highest BCUT2D eigenvalue weighted by atomic mass is 79.9. The van der Waals surface area contributed by atoms with Gasteiger partial charge in [0, 0.05) is 29.4 Å². The van der Waals surface area contributed by atoms with Gasteiger partial charge in [0.05, 0.1) is 17.7 Å². The lowest BCUT2D eigenvalue weighted by molar-refractivity contribution is -0.00547. The fourth-order valence-electron chi connectivity index (χ4n) is 2.87. The van der Waals surface area contributed by atoms with Crippen molar-refractivity contribution in [3.05, 3.63) is 35.9 Å². The Balaban J connectivity index is 2.04. The van der Waals surface area contributed by atoms with Crippen LogP contribution in [0.4, 0.5) is 5.82 Å². The van der Waals surface area contributed by atoms with Crippen LogP contribution < -0.4 is 4.90 Å². The van der Waals surface area contributed by atoms with Crippen LogP contribution in [0.2, 0.25) is 0 Å². The maximum absolute atomic E-state index is 5.82. The SMILES string of the molecule is C[C@@H]1CN(c2nc3ccccc3cc2CBr)C[C@H](C)O1. The van der Waals surface area contributed by atoms with E-state index in [4.69, 9.17) is 9.72 Å². The summed E-state index contributed by atoms with van der Waals surface area (Å²) in [7, 11) is 0. The van der Waals surface area contributed by atoms with E-state index in [9.17, 15) is 0 Å². The summed E-state index contributed by atoms with van der Waals surface area (Å²) in [4.78, 5) is 7.23. The number of morpholine rings is 1. The van der Waals surface area contributed by atoms with Gasteiger partial charge < -0.3 is 9.64 Å². The van der Waals surface area contributed by atoms with Crippen LogP contribution in [-0.4, -0.2) is 30.3 Å². The molecule has 1 aliphatic rings. The fraction of sp³-hybridized carbons (Fsp3) is 0.438. The van der Waals surface area contributed by atoms with E-state index in [1.54, 1.807) is 0 Å². The van der Waals surface area contributed by atoms with E-state index >= 15 is 0 Å². The minimum absolute atomic E-state index is 0.246. The number of fused-ring (bicyclic) bond motifs is 1. The number of anilines is 1. The Morgan fingerprint density at radius 2 is 1.95 bits per heavy atom. The molecule has 4 heteroatoms. The lowest BCUT2D eigenvalue weighted by Crippen LogP contribution is -2.46. The second-order valence-corrected chi connectivity index (χ2v) is 6.02. The molecule has 2 aromatic rings. The normalized spacial score (nSPS) is 23.2. The number of hydrogen-bond donors (Lipinski definition) is 0. The van der Waals surface area contributed by atoms with Crippen molar-refractivity contribution in [1.29, 1.82) is 0 Å². The Labute approximate surface area is 128 Å². The molecule has 0 unspecified atom stereocenters. The number of hydrogen-bond acceptors (Lipinski definition) is 3. The van der Waals surface area contributed by atoms with E-state index in [2.05, 4.69) is 58.9 Å². The molecule has 0 radical (unpaired) electrons. The number of aromatic nitrogens is 1. The Bertz CT molecular complexity index is 606. The first-order valence-electron chi connectivity index (χ1n) is 7.02. The van der Waals surface area contributed by atoms with Crippen LogP contribution in [0.3, 0.4) is 0 Å². The summed E-state index contributed by atoms with van der Waals surface area (Å²) in [6, 6.07) is 10.5. The molecule has 1 aromatic carbocycles. The molecule has 0 saturated carbocycles. The topological polar surface area (TPSA) is 25.4 Å². The number of nitrogens with zero attached hydrogens (tertiary/aromatic N) is 2. The van der Waals surface area contributed by atoms with Crippen molar-refractivity contribution in [2.45, 2.75) is 31.4 Å². The fourth-order valence-corrected chi connectivity index (χ4v) is 3.29. The van der Waals surface area contributed by atoms with Crippen LogP contribution in [0.1, 0.15) is 19.4 Å². The number of halogens is 1. The third kappa shape index (κ3) is 2.67. The molecule has 2 heterocycles. The van der Waals surface area contributed by atoms with Gasteiger partial charge in [-0.25, -0.2) is 4.98 Å². The molecular formula is C16H19BrN2O. The number of pyridine rings is 1. The van der Waals surface area contributed by atoms with Crippen molar-refractivity contribution in [2.75, 3.05) is 18.0 Å². The van der Waals surface area contributed by atoms with Crippen LogP contribution in [0, 0.1) is 0 Å². The van der Waals surface area contributed by atoms with Gasteiger partial charge in [-0.2, -0.15) is 0 Å². The molecule has 0 spiro atoms. The minimum Gasteiger partial charge on any atom is -0.372 e. The van der Waals surface area contributed by atoms with Crippen LogP contribution in [-0.2, 0) is 10.1 Å². The summed E-state index contributed by atoms with van der Waals surface area (Å²) >= 11 is 3.59. The van der Waals surface area contributed by atoms with E-state index in [0.717, 1.165) is 29.8 Å². The Hall–Kier alpha value is -1.13. The zero-order valence-electron chi connectivity index (χ0n) is 11.8. The molecule has 1 saturated heterocycles. The molecule has 1 aliphatic heterocycles. The summed E-state index contributed by atoms with van der Waals surface area (Å²) < 4.78 is 5.82. The third-order valence-corrected chi connectivity index (χ3v) is 4.25. The van der Waals surface area contributed by atoms with Gasteiger partial charge in [-0.15, -0.1) is 0 Å². The summed E-state index contributed by atoms with van der Waals surface area (Å²) in [5.41, 5.74) is 2.30. The Morgan fingerprint density at radius 3 is 2.65 bits per heavy atom. The van der Waals surface area contributed by atoms with E-state index in [0.29, 0.717) is 0 Å². The van der Waals surface area contributed by atoms with Crippen molar-refractivity contribution in [1.82, 2.24) is 4.98 Å². The summed E-state index contributed by atoms with van der Waals surface area (Å²) in [5.74, 6) is 1.09. The van der Waals surface area contributed by atoms with E-state index in [1.807, 2.05) is 6.07 Å². The van der Waals surface area contributed by atoms with Gasteiger partial charge >= 0.3 is 0 Å². The monoisotopic (exact) mass is 334 g/mol. The Morgan fingerprint density at radius 1 is 1.25 bits per heavy atom. The van der Waals surface area contributed by atoms with Gasteiger partial charge in [-0.3, -0.25) is 0 Å². The summed E-state index contributed by atoms with van der Waals surface area (Å²) in [6.07, 6.45) is 0.491. The first-order chi connectivity index (χ1) is 9.67. The number of para-hydroxylation sites is 1. The van der Waals surface area contributed by atoms with Crippen molar-refractivity contribution >= 4 is 32.7 Å². The lowest BCUT2D eigenvalue weighted by atomic mass is 10.1. The van der Waals surface area contributed by atoms with Crippen molar-refractivity contribution in [3.8, 4) is 0 Å². The molecule has 106 valence electrons. The molecule has 0 N–H and O–H groups in total. The molecular weight excluding hydrogens is 316 g/mol. The van der Waals surface area contributed by atoms with Gasteiger partial charge in [0.2, 0.25) is 0 Å². The minimum atomic E-state index is 0.246. The average Bonchev–Trinajstić information content (AvgIpc) is 2.44. The predicted octanol–water partition coefficient (Wildman–Crippen LogP) is 3.74. The quantitative estimate of drug-likeness (QED) is 0.782. The van der Waals surface area contributed by atoms with E-state index < -0.39 is 0 Å². The summed E-state index contributed by atoms with van der Waals surface area (Å²) in [6.45, 7) is 6.04. The molecule has 3 rings (SSSR count). The zero-order chi connectivity index (χ0) is 14.1. The van der Waals surface area contributed by atoms with Crippen molar-refractivity contribution in [2.24, 2.45) is 0 Å². The number of rotatable bonds is 2. The molecule has 0 amide bonds. The van der Waals surface area contributed by atoms with Crippen molar-refractivity contribution in [3.63, 3.8) is 0 Å². The summed E-state index contributed by atoms with van der Waals surface area (Å²) in [5, 5.41) is 2.01. The first kappa shape index (κ1) is 13.8. The van der Waals surface area contributed by atoms with Gasteiger partial charge in [-0.1, -0.05) is 34.1 Å². The van der Waals surface area contributed by atoms with Gasteiger partial charge in [-0.05, 0) is 26.0 Å². The average molecular weight is 335 g/mol. The lowest BCUT2D eigenvalue weighted by Gasteiger charge is -2.37. The highest BCUT2D eigenvalue weighted by molar-refractivity contribution is 9.08. The maximum atomic E-state index is 5.82. The molecule has 0 aliphatic carbocycles. The van der Waals surface area contributed by atoms with E-state index in [1.165, 1.54) is 10.9 Å². The smallest absolute Gasteiger partial charge is 0.133 e. The molecule has 0 bridgehead atoms. The number of alkyl halides is 1. The third-order valence-electron chi connectivity index (χ3n) is 3.64. The highest BCUT2D eigenvalue weighted by Gasteiger charge is 2.24. The second-order valence-electron chi connectivity index (χ2n) is 5.46. The van der Waals surface area contributed by atoms with Gasteiger partial charge in [0.1, 0.15) is 5.82 Å². The molecule has 1 aromatic heterocycles. The van der Waals surface area contributed by atoms with Gasteiger partial charge in [0.25, 0.3) is 0 Å². The predicted molar refractivity (Wildman–Crippen MR) is 86.6 cm³/mol. The van der Waals surface area contributed by atoms with Crippen molar-refractivity contribution < 1.29 is 4.74 Å². The van der Waals surface area contributed by atoms with E-state index in [-0.39, 0.29) is 12.2 Å². The molecule has 2 atom stereocenters. The molecule has 3 nitrogen and oxygen atoms in total. The number of ether oxygens (including phenoxy) is 1. The Kier molecular flexibility index (Phi) is 3.94.